The van der Waals surface area contributed by atoms with E-state index in [0.29, 0.717) is 36.8 Å². The van der Waals surface area contributed by atoms with Gasteiger partial charge in [0.15, 0.2) is 6.17 Å². The molecule has 2 aromatic heterocycles. The summed E-state index contributed by atoms with van der Waals surface area (Å²) < 4.78 is 17.6. The predicted octanol–water partition coefficient (Wildman–Crippen LogP) is 8.02. The summed E-state index contributed by atoms with van der Waals surface area (Å²) in [4.78, 5) is 10.0. The molecule has 0 saturated heterocycles. The molecule has 0 aliphatic carbocycles. The zero-order valence-corrected chi connectivity index (χ0v) is 24.9. The van der Waals surface area contributed by atoms with Gasteiger partial charge in [-0.1, -0.05) is 70.1 Å². The van der Waals surface area contributed by atoms with E-state index in [9.17, 15) is 0 Å². The van der Waals surface area contributed by atoms with Crippen LogP contribution in [0.1, 0.15) is 80.4 Å². The van der Waals surface area contributed by atoms with Crippen molar-refractivity contribution in [3.63, 3.8) is 0 Å². The summed E-state index contributed by atoms with van der Waals surface area (Å²) in [5.41, 5.74) is 10.3. The first-order chi connectivity index (χ1) is 19.3. The van der Waals surface area contributed by atoms with Crippen molar-refractivity contribution in [1.82, 2.24) is 19.7 Å². The van der Waals surface area contributed by atoms with Crippen LogP contribution < -0.4 is 0 Å². The van der Waals surface area contributed by atoms with Gasteiger partial charge in [0.25, 0.3) is 0 Å². The lowest BCUT2D eigenvalue weighted by Crippen LogP contribution is -2.42. The second kappa shape index (κ2) is 11.6. The predicted molar refractivity (Wildman–Crippen MR) is 165 cm³/mol. The van der Waals surface area contributed by atoms with Gasteiger partial charge in [-0.25, -0.2) is 14.1 Å². The SMILES string of the molecule is C=C(c1cc[nH]c1/C(Cl)=C\C)c1c2c(nn1-c1c(CC)cccc1CC)CCN(C1=NC=C(C(C)C)CC1F)C2. The third-order valence-electron chi connectivity index (χ3n) is 8.18. The number of aryl methyl sites for hydroxylation is 2. The lowest BCUT2D eigenvalue weighted by molar-refractivity contribution is 0.320. The maximum Gasteiger partial charge on any atom is 0.161 e. The highest BCUT2D eigenvalue weighted by Gasteiger charge is 2.33. The number of aromatic nitrogens is 3. The molecule has 5 rings (SSSR count). The van der Waals surface area contributed by atoms with Gasteiger partial charge in [-0.15, -0.1) is 0 Å². The Bertz CT molecular complexity index is 1500. The van der Waals surface area contributed by atoms with Crippen LogP contribution in [0.15, 0.2) is 59.9 Å². The third kappa shape index (κ3) is 4.98. The first kappa shape index (κ1) is 28.2. The fourth-order valence-electron chi connectivity index (χ4n) is 5.86. The van der Waals surface area contributed by atoms with Crippen molar-refractivity contribution in [1.29, 1.82) is 0 Å². The number of alkyl halides is 1. The maximum atomic E-state index is 15.5. The van der Waals surface area contributed by atoms with Crippen LogP contribution in [-0.2, 0) is 25.8 Å². The normalized spacial score (nSPS) is 17.6. The molecule has 1 aromatic carbocycles. The number of hydrogen-bond donors (Lipinski definition) is 1. The number of amidine groups is 1. The molecule has 0 radical (unpaired) electrons. The van der Waals surface area contributed by atoms with Crippen LogP contribution in [-0.4, -0.2) is 38.2 Å². The Hall–Kier alpha value is -3.38. The molecule has 0 bridgehead atoms. The number of hydrogen-bond acceptors (Lipinski definition) is 3. The second-order valence-corrected chi connectivity index (χ2v) is 11.3. The summed E-state index contributed by atoms with van der Waals surface area (Å²) in [6.45, 7) is 16.3. The number of rotatable bonds is 7. The Balaban J connectivity index is 1.68. The van der Waals surface area contributed by atoms with Crippen LogP contribution in [0.3, 0.4) is 0 Å². The van der Waals surface area contributed by atoms with Gasteiger partial charge in [0.2, 0.25) is 0 Å². The molecule has 5 nitrogen and oxygen atoms in total. The third-order valence-corrected chi connectivity index (χ3v) is 8.59. The van der Waals surface area contributed by atoms with Crippen LogP contribution in [0.2, 0.25) is 0 Å². The summed E-state index contributed by atoms with van der Waals surface area (Å²) in [6, 6.07) is 8.49. The summed E-state index contributed by atoms with van der Waals surface area (Å²) in [5, 5.41) is 5.86. The fraction of sp³-hybridized carbons (Fsp3) is 0.394. The van der Waals surface area contributed by atoms with Crippen molar-refractivity contribution in [3.05, 3.63) is 94.2 Å². The van der Waals surface area contributed by atoms with Gasteiger partial charge < -0.3 is 9.88 Å². The molecule has 2 aliphatic heterocycles. The highest BCUT2D eigenvalue weighted by molar-refractivity contribution is 6.48. The molecule has 0 spiro atoms. The standard InChI is InChI=1S/C33H39ClFN5/c1-7-22-11-10-12-23(8-2)32(22)40-31(21(6)25-13-15-36-30(25)27(34)9-3)26-19-39(16-14-29(26)38-40)33-28(35)17-24(18-37-33)20(4)5/h9-13,15,18,20,28,36H,6-8,14,16-17,19H2,1-5H3/b27-9+. The molecule has 210 valence electrons. The molecular formula is C33H39ClFN5. The largest absolute Gasteiger partial charge is 0.360 e. The zero-order valence-electron chi connectivity index (χ0n) is 24.2. The minimum atomic E-state index is -1.11. The van der Waals surface area contributed by atoms with E-state index in [1.165, 1.54) is 11.1 Å². The molecule has 3 aromatic rings. The molecule has 0 fully saturated rings. The molecule has 0 saturated carbocycles. The number of halogens is 2. The van der Waals surface area contributed by atoms with E-state index in [-0.39, 0.29) is 5.92 Å². The first-order valence-electron chi connectivity index (χ1n) is 14.4. The van der Waals surface area contributed by atoms with E-state index in [2.05, 4.69) is 72.0 Å². The molecule has 40 heavy (non-hydrogen) atoms. The Morgan fingerprint density at radius 1 is 1.23 bits per heavy atom. The van der Waals surface area contributed by atoms with E-state index in [1.807, 2.05) is 31.5 Å². The monoisotopic (exact) mass is 559 g/mol. The van der Waals surface area contributed by atoms with Crippen LogP contribution in [0.4, 0.5) is 4.39 Å². The quantitative estimate of drug-likeness (QED) is 0.318. The smallest absolute Gasteiger partial charge is 0.161 e. The Labute approximate surface area is 242 Å². The van der Waals surface area contributed by atoms with Crippen LogP contribution in [0, 0.1) is 5.92 Å². The van der Waals surface area contributed by atoms with E-state index in [0.717, 1.165) is 57.9 Å². The number of H-pyrrole nitrogens is 1. The summed E-state index contributed by atoms with van der Waals surface area (Å²) in [5.74, 6) is 0.803. The van der Waals surface area contributed by atoms with Crippen LogP contribution >= 0.6 is 11.6 Å². The molecule has 2 aliphatic rings. The second-order valence-electron chi connectivity index (χ2n) is 10.9. The number of fused-ring (bicyclic) bond motifs is 1. The van der Waals surface area contributed by atoms with Crippen molar-refractivity contribution in [2.24, 2.45) is 10.9 Å². The summed E-state index contributed by atoms with van der Waals surface area (Å²) in [7, 11) is 0. The highest BCUT2D eigenvalue weighted by Crippen LogP contribution is 2.38. The Morgan fingerprint density at radius 2 is 1.95 bits per heavy atom. The topological polar surface area (TPSA) is 49.2 Å². The van der Waals surface area contributed by atoms with Gasteiger partial charge in [0.1, 0.15) is 5.84 Å². The van der Waals surface area contributed by atoms with Crippen molar-refractivity contribution >= 4 is 28.0 Å². The van der Waals surface area contributed by atoms with Gasteiger partial charge in [0, 0.05) is 55.0 Å². The van der Waals surface area contributed by atoms with Gasteiger partial charge in [-0.05, 0) is 48.4 Å². The van der Waals surface area contributed by atoms with Crippen LogP contribution in [0.5, 0.6) is 0 Å². The molecule has 0 amide bonds. The van der Waals surface area contributed by atoms with Crippen molar-refractivity contribution in [2.45, 2.75) is 73.0 Å². The molecule has 1 N–H and O–H groups in total. The Kier molecular flexibility index (Phi) is 8.18. The van der Waals surface area contributed by atoms with Crippen molar-refractivity contribution in [3.8, 4) is 5.69 Å². The number of para-hydroxylation sites is 1. The van der Waals surface area contributed by atoms with Crippen molar-refractivity contribution in [2.75, 3.05) is 6.54 Å². The average Bonchev–Trinajstić information content (AvgIpc) is 3.60. The zero-order chi connectivity index (χ0) is 28.6. The molecule has 7 heteroatoms. The lowest BCUT2D eigenvalue weighted by atomic mass is 9.94. The van der Waals surface area contributed by atoms with Crippen LogP contribution in [0.25, 0.3) is 16.3 Å². The van der Waals surface area contributed by atoms with E-state index >= 15 is 4.39 Å². The lowest BCUT2D eigenvalue weighted by Gasteiger charge is -2.33. The maximum absolute atomic E-state index is 15.5. The number of aromatic amines is 1. The van der Waals surface area contributed by atoms with E-state index < -0.39 is 6.17 Å². The van der Waals surface area contributed by atoms with Gasteiger partial charge in [-0.2, -0.15) is 5.10 Å². The minimum Gasteiger partial charge on any atom is -0.360 e. The first-order valence-corrected chi connectivity index (χ1v) is 14.7. The number of nitrogens with zero attached hydrogens (tertiary/aromatic N) is 4. The highest BCUT2D eigenvalue weighted by atomic mass is 35.5. The van der Waals surface area contributed by atoms with E-state index in [1.54, 1.807) is 0 Å². The minimum absolute atomic E-state index is 0.288. The van der Waals surface area contributed by atoms with Crippen molar-refractivity contribution < 1.29 is 4.39 Å². The molecule has 1 atom stereocenters. The van der Waals surface area contributed by atoms with Gasteiger partial charge >= 0.3 is 0 Å². The molecule has 1 unspecified atom stereocenters. The molecule has 4 heterocycles. The average molecular weight is 560 g/mol. The summed E-state index contributed by atoms with van der Waals surface area (Å²) >= 11 is 6.61. The van der Waals surface area contributed by atoms with Gasteiger partial charge in [0.05, 0.1) is 27.8 Å². The number of aliphatic imine (C=N–C) groups is 1. The molecular weight excluding hydrogens is 521 g/mol. The number of benzene rings is 1. The Morgan fingerprint density at radius 3 is 2.58 bits per heavy atom. The number of allylic oxidation sites excluding steroid dienone is 2. The van der Waals surface area contributed by atoms with Gasteiger partial charge in [-0.3, -0.25) is 0 Å². The van der Waals surface area contributed by atoms with E-state index in [4.69, 9.17) is 16.7 Å². The summed E-state index contributed by atoms with van der Waals surface area (Å²) in [6.07, 6.45) is 7.40. The number of nitrogens with one attached hydrogen (secondary N) is 1. The fourth-order valence-corrected chi connectivity index (χ4v) is 6.02.